The first kappa shape index (κ1) is 24.4. The van der Waals surface area contributed by atoms with Crippen molar-refractivity contribution in [1.29, 1.82) is 0 Å². The largest absolute Gasteiger partial charge is 0.484 e. The number of carbonyl (C=O) groups is 2. The van der Waals surface area contributed by atoms with Crippen LogP contribution < -0.4 is 15.2 Å². The van der Waals surface area contributed by atoms with E-state index in [0.717, 1.165) is 12.8 Å². The number of aliphatic hydroxyl groups excluding tert-OH is 1. The van der Waals surface area contributed by atoms with E-state index < -0.39 is 16.1 Å². The molecule has 10 nitrogen and oxygen atoms in total. The highest BCUT2D eigenvalue weighted by Gasteiger charge is 2.37. The van der Waals surface area contributed by atoms with Gasteiger partial charge in [0.2, 0.25) is 15.9 Å². The molecule has 1 saturated carbocycles. The Morgan fingerprint density at radius 2 is 1.91 bits per heavy atom. The predicted octanol–water partition coefficient (Wildman–Crippen LogP) is -0.416. The molecule has 1 saturated heterocycles. The summed E-state index contributed by atoms with van der Waals surface area (Å²) >= 11 is 0. The maximum atomic E-state index is 12.4. The molecule has 2 aliphatic rings. The Morgan fingerprint density at radius 1 is 1.22 bits per heavy atom. The van der Waals surface area contributed by atoms with Crippen molar-refractivity contribution in [3.63, 3.8) is 0 Å². The fourth-order valence-corrected chi connectivity index (χ4v) is 5.03. The number of aliphatic hydroxyl groups is 1. The summed E-state index contributed by atoms with van der Waals surface area (Å²) in [6.07, 6.45) is 1.71. The number of hydrogen-bond acceptors (Lipinski definition) is 7. The predicted molar refractivity (Wildman–Crippen MR) is 117 cm³/mol. The monoisotopic (exact) mass is 468 g/mol. The molecule has 3 rings (SSSR count). The highest BCUT2D eigenvalue weighted by Crippen LogP contribution is 2.25. The van der Waals surface area contributed by atoms with Gasteiger partial charge < -0.3 is 20.1 Å². The zero-order chi connectivity index (χ0) is 23.5. The van der Waals surface area contributed by atoms with E-state index >= 15 is 0 Å². The molecule has 178 valence electrons. The maximum absolute atomic E-state index is 12.4. The van der Waals surface area contributed by atoms with Crippen molar-refractivity contribution in [2.45, 2.75) is 56.2 Å². The number of hydrogen-bond donors (Lipinski definition) is 3. The van der Waals surface area contributed by atoms with Crippen LogP contribution in [0.2, 0.25) is 0 Å². The summed E-state index contributed by atoms with van der Waals surface area (Å²) in [7, 11) is -3.81. The van der Waals surface area contributed by atoms with Crippen molar-refractivity contribution in [2.75, 3.05) is 32.8 Å². The third-order valence-corrected chi connectivity index (χ3v) is 7.14. The van der Waals surface area contributed by atoms with E-state index in [4.69, 9.17) is 9.88 Å². The van der Waals surface area contributed by atoms with Crippen LogP contribution >= 0.6 is 0 Å². The van der Waals surface area contributed by atoms with Crippen molar-refractivity contribution < 1.29 is 27.9 Å². The second-order valence-corrected chi connectivity index (χ2v) is 10.0. The molecule has 11 heteroatoms. The summed E-state index contributed by atoms with van der Waals surface area (Å²) in [6, 6.07) is 3.76. The summed E-state index contributed by atoms with van der Waals surface area (Å²) in [6.45, 7) is 5.69. The molecule has 0 spiro atoms. The molecule has 0 bridgehead atoms. The Balaban J connectivity index is 1.52. The van der Waals surface area contributed by atoms with Crippen LogP contribution in [0.4, 0.5) is 0 Å². The number of carbonyl (C=O) groups excluding carboxylic acids is 2. The molecular weight excluding hydrogens is 436 g/mol. The summed E-state index contributed by atoms with van der Waals surface area (Å²) in [5, 5.41) is 18.9. The van der Waals surface area contributed by atoms with Gasteiger partial charge in [-0.3, -0.25) is 14.5 Å². The third kappa shape index (κ3) is 5.97. The van der Waals surface area contributed by atoms with E-state index in [2.05, 4.69) is 10.2 Å². The summed E-state index contributed by atoms with van der Waals surface area (Å²) in [5.41, 5.74) is 0.548. The zero-order valence-corrected chi connectivity index (χ0v) is 19.3. The Labute approximate surface area is 188 Å². The molecule has 32 heavy (non-hydrogen) atoms. The zero-order valence-electron chi connectivity index (χ0n) is 18.5. The summed E-state index contributed by atoms with van der Waals surface area (Å²) in [5.74, 6) is 0.0949. The lowest BCUT2D eigenvalue weighted by Gasteiger charge is -2.45. The minimum Gasteiger partial charge on any atom is -0.484 e. The number of ether oxygens (including phenoxy) is 1. The molecular formula is C21H32N4O6S. The van der Waals surface area contributed by atoms with Gasteiger partial charge in [-0.15, -0.1) is 0 Å². The Morgan fingerprint density at radius 3 is 2.50 bits per heavy atom. The van der Waals surface area contributed by atoms with E-state index in [-0.39, 0.29) is 35.4 Å². The van der Waals surface area contributed by atoms with Crippen LogP contribution in [0.5, 0.6) is 5.75 Å². The number of sulfonamides is 1. The third-order valence-electron chi connectivity index (χ3n) is 6.23. The lowest BCUT2D eigenvalue weighted by atomic mass is 9.86. The minimum atomic E-state index is -3.81. The van der Waals surface area contributed by atoms with Gasteiger partial charge in [-0.2, -0.15) is 0 Å². The average molecular weight is 469 g/mol. The number of nitrogens with zero attached hydrogens (tertiary/aromatic N) is 2. The van der Waals surface area contributed by atoms with E-state index in [1.807, 2.05) is 0 Å². The molecule has 3 atom stereocenters. The number of nitrogens with two attached hydrogens (primary N) is 1. The van der Waals surface area contributed by atoms with Crippen molar-refractivity contribution in [1.82, 2.24) is 15.1 Å². The fourth-order valence-electron chi connectivity index (χ4n) is 4.43. The Kier molecular flexibility index (Phi) is 7.75. The van der Waals surface area contributed by atoms with Gasteiger partial charge in [0.1, 0.15) is 5.75 Å². The minimum absolute atomic E-state index is 0.0210. The summed E-state index contributed by atoms with van der Waals surface area (Å²) in [4.78, 5) is 28.0. The van der Waals surface area contributed by atoms with Crippen LogP contribution in [0, 0.1) is 6.92 Å². The van der Waals surface area contributed by atoms with Crippen molar-refractivity contribution in [2.24, 2.45) is 5.14 Å². The van der Waals surface area contributed by atoms with E-state index in [1.54, 1.807) is 18.7 Å². The van der Waals surface area contributed by atoms with Gasteiger partial charge in [0.15, 0.2) is 6.61 Å². The van der Waals surface area contributed by atoms with Crippen molar-refractivity contribution in [3.8, 4) is 5.75 Å². The molecule has 0 aromatic heterocycles. The number of primary sulfonamides is 1. The molecule has 4 N–H and O–H groups in total. The van der Waals surface area contributed by atoms with E-state index in [9.17, 15) is 23.1 Å². The molecule has 1 aromatic carbocycles. The molecule has 0 radical (unpaired) electrons. The normalized spacial score (nSPS) is 24.8. The topological polar surface area (TPSA) is 142 Å². The lowest BCUT2D eigenvalue weighted by molar-refractivity contribution is -0.132. The molecule has 1 heterocycles. The van der Waals surface area contributed by atoms with Crippen LogP contribution in [-0.2, 0) is 19.6 Å². The van der Waals surface area contributed by atoms with Gasteiger partial charge in [0.25, 0.3) is 5.91 Å². The van der Waals surface area contributed by atoms with Gasteiger partial charge in [-0.1, -0.05) is 0 Å². The van der Waals surface area contributed by atoms with Gasteiger partial charge >= 0.3 is 0 Å². The SMILES string of the molecule is CC(=O)N1CCN([C@@H]2CCC[C@@H](NC(=O)COc3ccc(S(N)(=O)=O)cc3C)[C@H]2O)CC1. The standard InChI is InChI=1S/C21H32N4O6S/c1-14-12-16(32(22,29)30)6-7-19(14)31-13-20(27)23-17-4-3-5-18(21(17)28)25-10-8-24(9-11-25)15(2)26/h6-7,12,17-18,21,28H,3-5,8-11,13H2,1-2H3,(H,23,27)(H2,22,29,30)/t17-,18-,21-/m1/s1. The number of amides is 2. The molecule has 1 aliphatic carbocycles. The van der Waals surface area contributed by atoms with Gasteiger partial charge in [-0.05, 0) is 49.9 Å². The molecule has 2 fully saturated rings. The van der Waals surface area contributed by atoms with Gasteiger partial charge in [-0.25, -0.2) is 13.6 Å². The first-order valence-corrected chi connectivity index (χ1v) is 12.3. The van der Waals surface area contributed by atoms with E-state index in [1.165, 1.54) is 18.2 Å². The molecule has 2 amide bonds. The van der Waals surface area contributed by atoms with Gasteiger partial charge in [0.05, 0.1) is 17.0 Å². The second-order valence-electron chi connectivity index (χ2n) is 8.47. The summed E-state index contributed by atoms with van der Waals surface area (Å²) < 4.78 is 28.4. The van der Waals surface area contributed by atoms with Crippen LogP contribution in [0.3, 0.4) is 0 Å². The average Bonchev–Trinajstić information content (AvgIpc) is 2.73. The first-order valence-electron chi connectivity index (χ1n) is 10.8. The Hall–Kier alpha value is -2.21. The molecule has 1 aromatic rings. The number of benzene rings is 1. The van der Waals surface area contributed by atoms with Crippen molar-refractivity contribution >= 4 is 21.8 Å². The van der Waals surface area contributed by atoms with Crippen LogP contribution in [-0.4, -0.2) is 86.1 Å². The number of rotatable bonds is 6. The van der Waals surface area contributed by atoms with Crippen molar-refractivity contribution in [3.05, 3.63) is 23.8 Å². The second kappa shape index (κ2) is 10.2. The number of piperazine rings is 1. The van der Waals surface area contributed by atoms with Crippen LogP contribution in [0.1, 0.15) is 31.7 Å². The lowest BCUT2D eigenvalue weighted by Crippen LogP contribution is -2.60. The van der Waals surface area contributed by atoms with Gasteiger partial charge in [0, 0.05) is 39.1 Å². The quantitative estimate of drug-likeness (QED) is 0.515. The fraction of sp³-hybridized carbons (Fsp3) is 0.619. The highest BCUT2D eigenvalue weighted by molar-refractivity contribution is 7.89. The van der Waals surface area contributed by atoms with Crippen LogP contribution in [0.15, 0.2) is 23.1 Å². The molecule has 0 unspecified atom stereocenters. The number of aryl methyl sites for hydroxylation is 1. The first-order chi connectivity index (χ1) is 15.1. The number of nitrogens with one attached hydrogen (secondary N) is 1. The Bertz CT molecular complexity index is 946. The molecule has 1 aliphatic heterocycles. The maximum Gasteiger partial charge on any atom is 0.258 e. The van der Waals surface area contributed by atoms with E-state index in [0.29, 0.717) is 43.9 Å². The smallest absolute Gasteiger partial charge is 0.258 e. The highest BCUT2D eigenvalue weighted by atomic mass is 32.2. The van der Waals surface area contributed by atoms with Crippen LogP contribution in [0.25, 0.3) is 0 Å².